The van der Waals surface area contributed by atoms with E-state index in [1.807, 2.05) is 0 Å². The maximum Gasteiger partial charge on any atom is 0.391 e. The smallest absolute Gasteiger partial charge is 0.391 e. The van der Waals surface area contributed by atoms with Gasteiger partial charge in [-0.25, -0.2) is 9.97 Å². The lowest BCUT2D eigenvalue weighted by Gasteiger charge is -2.18. The largest absolute Gasteiger partial charge is 0.394 e. The van der Waals surface area contributed by atoms with Gasteiger partial charge in [0.25, 0.3) is 0 Å². The van der Waals surface area contributed by atoms with Gasteiger partial charge in [-0.3, -0.25) is 0 Å². The van der Waals surface area contributed by atoms with E-state index in [2.05, 4.69) is 15.3 Å². The van der Waals surface area contributed by atoms with E-state index in [1.165, 1.54) is 6.20 Å². The highest BCUT2D eigenvalue weighted by molar-refractivity contribution is 5.29. The standard InChI is InChI=1S/C10H14F3N3O/c1-6-4-14-9(15-7(6)2)16-8(5-17)3-10(11,12)13/h4,8,17H,3,5H2,1-2H3,(H,14,15,16). The molecule has 0 aliphatic heterocycles. The molecular weight excluding hydrogens is 235 g/mol. The van der Waals surface area contributed by atoms with E-state index >= 15 is 0 Å². The van der Waals surface area contributed by atoms with Gasteiger partial charge in [0.15, 0.2) is 0 Å². The van der Waals surface area contributed by atoms with Crippen molar-refractivity contribution in [2.45, 2.75) is 32.5 Å². The molecule has 17 heavy (non-hydrogen) atoms. The van der Waals surface area contributed by atoms with Crippen molar-refractivity contribution in [3.63, 3.8) is 0 Å². The van der Waals surface area contributed by atoms with Crippen LogP contribution in [-0.2, 0) is 0 Å². The first-order chi connectivity index (χ1) is 7.81. The van der Waals surface area contributed by atoms with E-state index < -0.39 is 25.2 Å². The van der Waals surface area contributed by atoms with Crippen molar-refractivity contribution in [2.24, 2.45) is 0 Å². The van der Waals surface area contributed by atoms with Gasteiger partial charge < -0.3 is 10.4 Å². The van der Waals surface area contributed by atoms with E-state index in [0.717, 1.165) is 5.56 Å². The average Bonchev–Trinajstić information content (AvgIpc) is 2.20. The highest BCUT2D eigenvalue weighted by Crippen LogP contribution is 2.22. The fourth-order valence-corrected chi connectivity index (χ4v) is 1.22. The molecule has 96 valence electrons. The molecular formula is C10H14F3N3O. The molecule has 0 aliphatic carbocycles. The molecule has 1 aromatic rings. The molecule has 0 saturated carbocycles. The maximum absolute atomic E-state index is 12.1. The molecule has 7 heteroatoms. The highest BCUT2D eigenvalue weighted by Gasteiger charge is 2.31. The Hall–Kier alpha value is -1.37. The van der Waals surface area contributed by atoms with Crippen LogP contribution in [0.15, 0.2) is 6.20 Å². The summed E-state index contributed by atoms with van der Waals surface area (Å²) in [6.45, 7) is 2.91. The van der Waals surface area contributed by atoms with E-state index in [0.29, 0.717) is 5.69 Å². The molecule has 0 bridgehead atoms. The lowest BCUT2D eigenvalue weighted by molar-refractivity contribution is -0.138. The number of aliphatic hydroxyl groups is 1. The Kier molecular flexibility index (Phi) is 4.28. The van der Waals surface area contributed by atoms with Crippen LogP contribution in [0.1, 0.15) is 17.7 Å². The predicted molar refractivity (Wildman–Crippen MR) is 56.7 cm³/mol. The predicted octanol–water partition coefficient (Wildman–Crippen LogP) is 1.82. The van der Waals surface area contributed by atoms with Crippen molar-refractivity contribution in [2.75, 3.05) is 11.9 Å². The molecule has 0 aliphatic rings. The SMILES string of the molecule is Cc1cnc(NC(CO)CC(F)(F)F)nc1C. The third-order valence-electron chi connectivity index (χ3n) is 2.26. The monoisotopic (exact) mass is 249 g/mol. The number of aromatic nitrogens is 2. The van der Waals surface area contributed by atoms with Gasteiger partial charge in [-0.05, 0) is 19.4 Å². The summed E-state index contributed by atoms with van der Waals surface area (Å²) in [5, 5.41) is 11.3. The Balaban J connectivity index is 2.70. The number of aliphatic hydroxyl groups excluding tert-OH is 1. The lowest BCUT2D eigenvalue weighted by atomic mass is 10.2. The number of alkyl halides is 3. The molecule has 1 rings (SSSR count). The van der Waals surface area contributed by atoms with Crippen LogP contribution in [-0.4, -0.2) is 33.9 Å². The van der Waals surface area contributed by atoms with Crippen LogP contribution in [0.4, 0.5) is 19.1 Å². The Labute approximate surface area is 96.9 Å². The molecule has 0 spiro atoms. The highest BCUT2D eigenvalue weighted by atomic mass is 19.4. The molecule has 4 nitrogen and oxygen atoms in total. The van der Waals surface area contributed by atoms with Crippen molar-refractivity contribution >= 4 is 5.95 Å². The lowest BCUT2D eigenvalue weighted by Crippen LogP contribution is -2.31. The first kappa shape index (κ1) is 13.7. The molecule has 0 aromatic carbocycles. The minimum atomic E-state index is -4.33. The van der Waals surface area contributed by atoms with Gasteiger partial charge in [0.1, 0.15) is 0 Å². The van der Waals surface area contributed by atoms with E-state index in [9.17, 15) is 13.2 Å². The van der Waals surface area contributed by atoms with Gasteiger partial charge >= 0.3 is 6.18 Å². The number of hydrogen-bond acceptors (Lipinski definition) is 4. The molecule has 0 amide bonds. The normalized spacial score (nSPS) is 13.5. The summed E-state index contributed by atoms with van der Waals surface area (Å²) in [5.74, 6) is 0.0939. The fraction of sp³-hybridized carbons (Fsp3) is 0.600. The summed E-state index contributed by atoms with van der Waals surface area (Å²) >= 11 is 0. The number of nitrogens with one attached hydrogen (secondary N) is 1. The Morgan fingerprint density at radius 2 is 2.06 bits per heavy atom. The number of aryl methyl sites for hydroxylation is 2. The quantitative estimate of drug-likeness (QED) is 0.854. The summed E-state index contributed by atoms with van der Waals surface area (Å²) in [7, 11) is 0. The van der Waals surface area contributed by atoms with Gasteiger partial charge in [0.05, 0.1) is 19.1 Å². The second kappa shape index (κ2) is 5.31. The van der Waals surface area contributed by atoms with E-state index in [1.54, 1.807) is 13.8 Å². The molecule has 0 fully saturated rings. The van der Waals surface area contributed by atoms with Crippen molar-refractivity contribution in [3.8, 4) is 0 Å². The molecule has 2 N–H and O–H groups in total. The van der Waals surface area contributed by atoms with Crippen LogP contribution < -0.4 is 5.32 Å². The summed E-state index contributed by atoms with van der Waals surface area (Å²) in [4.78, 5) is 7.85. The topological polar surface area (TPSA) is 58.0 Å². The van der Waals surface area contributed by atoms with E-state index in [4.69, 9.17) is 5.11 Å². The number of hydrogen-bond donors (Lipinski definition) is 2. The Morgan fingerprint density at radius 1 is 1.41 bits per heavy atom. The summed E-state index contributed by atoms with van der Waals surface area (Å²) in [6.07, 6.45) is -3.94. The van der Waals surface area contributed by atoms with Crippen LogP contribution in [0.3, 0.4) is 0 Å². The zero-order valence-corrected chi connectivity index (χ0v) is 9.54. The molecule has 1 unspecified atom stereocenters. The van der Waals surface area contributed by atoms with Crippen molar-refractivity contribution in [1.29, 1.82) is 0 Å². The van der Waals surface area contributed by atoms with Crippen LogP contribution in [0, 0.1) is 13.8 Å². The van der Waals surface area contributed by atoms with Crippen LogP contribution >= 0.6 is 0 Å². The minimum absolute atomic E-state index is 0.0939. The second-order valence-corrected chi connectivity index (χ2v) is 3.81. The van der Waals surface area contributed by atoms with Gasteiger partial charge in [0.2, 0.25) is 5.95 Å². The minimum Gasteiger partial charge on any atom is -0.394 e. The van der Waals surface area contributed by atoms with Crippen LogP contribution in [0.25, 0.3) is 0 Å². The number of nitrogens with zero attached hydrogens (tertiary/aromatic N) is 2. The zero-order valence-electron chi connectivity index (χ0n) is 9.54. The molecule has 0 saturated heterocycles. The zero-order chi connectivity index (χ0) is 13.1. The van der Waals surface area contributed by atoms with Crippen molar-refractivity contribution in [3.05, 3.63) is 17.5 Å². The van der Waals surface area contributed by atoms with Gasteiger partial charge in [-0.1, -0.05) is 0 Å². The summed E-state index contributed by atoms with van der Waals surface area (Å²) in [6, 6.07) is -1.13. The second-order valence-electron chi connectivity index (χ2n) is 3.81. The van der Waals surface area contributed by atoms with Crippen LogP contribution in [0.5, 0.6) is 0 Å². The fourth-order valence-electron chi connectivity index (χ4n) is 1.22. The van der Waals surface area contributed by atoms with E-state index in [-0.39, 0.29) is 5.95 Å². The maximum atomic E-state index is 12.1. The first-order valence-electron chi connectivity index (χ1n) is 5.06. The molecule has 1 heterocycles. The number of halogens is 3. The average molecular weight is 249 g/mol. The number of anilines is 1. The van der Waals surface area contributed by atoms with Gasteiger partial charge in [-0.15, -0.1) is 0 Å². The molecule has 1 aromatic heterocycles. The van der Waals surface area contributed by atoms with Gasteiger partial charge in [0, 0.05) is 11.9 Å². The Bertz CT molecular complexity index is 382. The summed E-state index contributed by atoms with van der Waals surface area (Å²) < 4.78 is 36.4. The Morgan fingerprint density at radius 3 is 2.53 bits per heavy atom. The van der Waals surface area contributed by atoms with Crippen LogP contribution in [0.2, 0.25) is 0 Å². The molecule has 0 radical (unpaired) electrons. The van der Waals surface area contributed by atoms with Crippen molar-refractivity contribution < 1.29 is 18.3 Å². The first-order valence-corrected chi connectivity index (χ1v) is 5.06. The third-order valence-corrected chi connectivity index (χ3v) is 2.26. The van der Waals surface area contributed by atoms with Gasteiger partial charge in [-0.2, -0.15) is 13.2 Å². The number of rotatable bonds is 4. The summed E-state index contributed by atoms with van der Waals surface area (Å²) in [5.41, 5.74) is 1.54. The molecule has 1 atom stereocenters. The third kappa shape index (κ3) is 4.56. The van der Waals surface area contributed by atoms with Crippen molar-refractivity contribution in [1.82, 2.24) is 9.97 Å².